The third kappa shape index (κ3) is 2.31. The highest BCUT2D eigenvalue weighted by atomic mass is 35.5. The smallest absolute Gasteiger partial charge is 0.193 e. The van der Waals surface area contributed by atoms with E-state index in [1.807, 2.05) is 37.4 Å². The number of halogens is 1. The van der Waals surface area contributed by atoms with Gasteiger partial charge in [-0.15, -0.1) is 0 Å². The predicted octanol–water partition coefficient (Wildman–Crippen LogP) is 2.57. The molecule has 1 aromatic carbocycles. The number of nitrogens with two attached hydrogens (primary N) is 1. The van der Waals surface area contributed by atoms with Crippen LogP contribution in [0.15, 0.2) is 40.8 Å². The Balaban J connectivity index is 1.93. The second-order valence-electron chi connectivity index (χ2n) is 4.64. The Morgan fingerprint density at radius 1 is 1.35 bits per heavy atom. The Hall–Kier alpha value is -1.82. The summed E-state index contributed by atoms with van der Waals surface area (Å²) in [7, 11) is 1.99. The van der Waals surface area contributed by atoms with Crippen molar-refractivity contribution in [3.05, 3.63) is 53.2 Å². The molecule has 104 valence electrons. The van der Waals surface area contributed by atoms with E-state index in [1.54, 1.807) is 6.07 Å². The van der Waals surface area contributed by atoms with Crippen LogP contribution >= 0.6 is 11.6 Å². The van der Waals surface area contributed by atoms with Crippen LogP contribution in [-0.2, 0) is 13.5 Å². The average molecular weight is 291 g/mol. The molecule has 0 saturated carbocycles. The molecule has 3 aromatic rings. The quantitative estimate of drug-likeness (QED) is 0.572. The van der Waals surface area contributed by atoms with Gasteiger partial charge in [-0.25, -0.2) is 10.4 Å². The summed E-state index contributed by atoms with van der Waals surface area (Å²) >= 11 is 5.80. The van der Waals surface area contributed by atoms with Crippen LogP contribution in [0.2, 0.25) is 5.22 Å². The minimum Gasteiger partial charge on any atom is -0.448 e. The molecule has 0 spiro atoms. The molecule has 3 rings (SSSR count). The van der Waals surface area contributed by atoms with Crippen molar-refractivity contribution >= 4 is 22.6 Å². The summed E-state index contributed by atoms with van der Waals surface area (Å²) < 4.78 is 7.47. The molecule has 1 atom stereocenters. The molecule has 2 heterocycles. The Morgan fingerprint density at radius 3 is 2.80 bits per heavy atom. The molecule has 1 unspecified atom stereocenters. The van der Waals surface area contributed by atoms with Crippen LogP contribution in [0.5, 0.6) is 0 Å². The number of fused-ring (bicyclic) bond motifs is 1. The first-order valence-electron chi connectivity index (χ1n) is 6.30. The number of rotatable bonds is 4. The highest BCUT2D eigenvalue weighted by Gasteiger charge is 2.18. The number of aryl methyl sites for hydroxylation is 1. The fourth-order valence-electron chi connectivity index (χ4n) is 2.32. The minimum atomic E-state index is -0.169. The molecule has 20 heavy (non-hydrogen) atoms. The van der Waals surface area contributed by atoms with E-state index in [0.717, 1.165) is 16.9 Å². The Labute approximate surface area is 121 Å². The Bertz CT molecular complexity index is 734. The molecule has 3 N–H and O–H groups in total. The molecule has 6 heteroatoms. The van der Waals surface area contributed by atoms with Crippen LogP contribution < -0.4 is 11.3 Å². The van der Waals surface area contributed by atoms with Crippen molar-refractivity contribution in [3.8, 4) is 0 Å². The molecule has 5 nitrogen and oxygen atoms in total. The van der Waals surface area contributed by atoms with Gasteiger partial charge in [0.2, 0.25) is 0 Å². The second kappa shape index (κ2) is 5.28. The third-order valence-electron chi connectivity index (χ3n) is 3.41. The number of benzene rings is 1. The number of aromatic nitrogens is 2. The molecule has 0 radical (unpaired) electrons. The van der Waals surface area contributed by atoms with E-state index in [-0.39, 0.29) is 6.04 Å². The summed E-state index contributed by atoms with van der Waals surface area (Å²) in [4.78, 5) is 4.63. The Kier molecular flexibility index (Phi) is 3.48. The van der Waals surface area contributed by atoms with Gasteiger partial charge in [0.25, 0.3) is 0 Å². The van der Waals surface area contributed by atoms with Crippen molar-refractivity contribution in [3.63, 3.8) is 0 Å². The van der Waals surface area contributed by atoms with E-state index < -0.39 is 0 Å². The van der Waals surface area contributed by atoms with Gasteiger partial charge in [0.05, 0.1) is 17.1 Å². The molecule has 0 aliphatic carbocycles. The summed E-state index contributed by atoms with van der Waals surface area (Å²) in [5.41, 5.74) is 4.81. The van der Waals surface area contributed by atoms with Crippen molar-refractivity contribution in [2.24, 2.45) is 12.9 Å². The van der Waals surface area contributed by atoms with Gasteiger partial charge in [0.1, 0.15) is 11.6 Å². The fraction of sp³-hybridized carbons (Fsp3) is 0.214. The normalized spacial score (nSPS) is 12.9. The molecule has 0 saturated heterocycles. The Morgan fingerprint density at radius 2 is 2.15 bits per heavy atom. The zero-order valence-corrected chi connectivity index (χ0v) is 11.8. The second-order valence-corrected chi connectivity index (χ2v) is 5.01. The topological polar surface area (TPSA) is 69.0 Å². The molecule has 0 aliphatic heterocycles. The lowest BCUT2D eigenvalue weighted by molar-refractivity contribution is 0.410. The summed E-state index contributed by atoms with van der Waals surface area (Å²) in [6, 6.07) is 11.4. The van der Waals surface area contributed by atoms with Crippen LogP contribution in [0.4, 0.5) is 0 Å². The average Bonchev–Trinajstić information content (AvgIpc) is 3.01. The van der Waals surface area contributed by atoms with E-state index in [0.29, 0.717) is 17.4 Å². The van der Waals surface area contributed by atoms with Crippen molar-refractivity contribution < 1.29 is 4.42 Å². The van der Waals surface area contributed by atoms with Crippen LogP contribution in [0.1, 0.15) is 17.6 Å². The number of hydrogen-bond acceptors (Lipinski definition) is 4. The number of para-hydroxylation sites is 2. The minimum absolute atomic E-state index is 0.169. The highest BCUT2D eigenvalue weighted by molar-refractivity contribution is 6.28. The van der Waals surface area contributed by atoms with Gasteiger partial charge in [-0.1, -0.05) is 12.1 Å². The van der Waals surface area contributed by atoms with Crippen molar-refractivity contribution in [2.45, 2.75) is 12.5 Å². The van der Waals surface area contributed by atoms with Crippen LogP contribution in [-0.4, -0.2) is 9.55 Å². The lowest BCUT2D eigenvalue weighted by atomic mass is 10.1. The summed E-state index contributed by atoms with van der Waals surface area (Å²) in [6.45, 7) is 0. The first-order valence-corrected chi connectivity index (χ1v) is 6.68. The third-order valence-corrected chi connectivity index (χ3v) is 3.61. The first kappa shape index (κ1) is 13.2. The van der Waals surface area contributed by atoms with Crippen LogP contribution in [0.25, 0.3) is 11.0 Å². The monoisotopic (exact) mass is 290 g/mol. The molecule has 2 aromatic heterocycles. The van der Waals surface area contributed by atoms with Gasteiger partial charge < -0.3 is 8.98 Å². The number of nitrogens with zero attached hydrogens (tertiary/aromatic N) is 2. The van der Waals surface area contributed by atoms with Crippen molar-refractivity contribution in [1.82, 2.24) is 15.0 Å². The first-order chi connectivity index (χ1) is 9.69. The van der Waals surface area contributed by atoms with Crippen molar-refractivity contribution in [2.75, 3.05) is 0 Å². The standard InChI is InChI=1S/C14H15ClN4O/c1-19-11-5-3-2-4-9(11)17-14(19)8-10(18-16)12-6-7-13(15)20-12/h2-7,10,18H,8,16H2,1H3. The van der Waals surface area contributed by atoms with Gasteiger partial charge in [-0.05, 0) is 35.9 Å². The SMILES string of the molecule is Cn1c(CC(NN)c2ccc(Cl)o2)nc2ccccc21. The predicted molar refractivity (Wildman–Crippen MR) is 78.2 cm³/mol. The number of hydrogen-bond donors (Lipinski definition) is 2. The van der Waals surface area contributed by atoms with Crippen molar-refractivity contribution in [1.29, 1.82) is 0 Å². The number of imidazole rings is 1. The zero-order valence-electron chi connectivity index (χ0n) is 11.0. The van der Waals surface area contributed by atoms with E-state index in [1.165, 1.54) is 0 Å². The molecule has 0 fully saturated rings. The number of furan rings is 1. The maximum atomic E-state index is 5.80. The van der Waals surface area contributed by atoms with Gasteiger partial charge in [0.15, 0.2) is 5.22 Å². The fourth-order valence-corrected chi connectivity index (χ4v) is 2.47. The van der Waals surface area contributed by atoms with E-state index in [2.05, 4.69) is 15.0 Å². The summed E-state index contributed by atoms with van der Waals surface area (Å²) in [5, 5.41) is 0.352. The molecular formula is C14H15ClN4O. The lowest BCUT2D eigenvalue weighted by Crippen LogP contribution is -2.30. The maximum Gasteiger partial charge on any atom is 0.193 e. The zero-order chi connectivity index (χ0) is 14.1. The molecule has 0 amide bonds. The largest absolute Gasteiger partial charge is 0.448 e. The number of hydrazine groups is 1. The van der Waals surface area contributed by atoms with Gasteiger partial charge >= 0.3 is 0 Å². The summed E-state index contributed by atoms with van der Waals surface area (Å²) in [6.07, 6.45) is 0.617. The van der Waals surface area contributed by atoms with Crippen LogP contribution in [0.3, 0.4) is 0 Å². The molecule has 0 aliphatic rings. The van der Waals surface area contributed by atoms with E-state index in [9.17, 15) is 0 Å². The highest BCUT2D eigenvalue weighted by Crippen LogP contribution is 2.24. The van der Waals surface area contributed by atoms with Crippen LogP contribution in [0, 0.1) is 0 Å². The van der Waals surface area contributed by atoms with Gasteiger partial charge in [-0.3, -0.25) is 5.84 Å². The number of nitrogens with one attached hydrogen (secondary N) is 1. The maximum absolute atomic E-state index is 5.80. The lowest BCUT2D eigenvalue weighted by Gasteiger charge is -2.12. The molecular weight excluding hydrogens is 276 g/mol. The molecule has 0 bridgehead atoms. The van der Waals surface area contributed by atoms with Gasteiger partial charge in [0, 0.05) is 13.5 Å². The van der Waals surface area contributed by atoms with E-state index >= 15 is 0 Å². The summed E-state index contributed by atoms with van der Waals surface area (Å²) in [5.74, 6) is 7.25. The van der Waals surface area contributed by atoms with Gasteiger partial charge in [-0.2, -0.15) is 0 Å². The van der Waals surface area contributed by atoms with E-state index in [4.69, 9.17) is 21.9 Å².